The molecule has 0 radical (unpaired) electrons. The maximum atomic E-state index is 13.4. The summed E-state index contributed by atoms with van der Waals surface area (Å²) in [5.74, 6) is -2.47. The predicted octanol–water partition coefficient (Wildman–Crippen LogP) is 4.47. The van der Waals surface area contributed by atoms with Gasteiger partial charge in [-0.05, 0) is 41.5 Å². The molecule has 10 heteroatoms. The largest absolute Gasteiger partial charge is 0.508 e. The number of phenols is 1. The molecule has 0 aromatic heterocycles. The minimum Gasteiger partial charge on any atom is -0.508 e. The summed E-state index contributed by atoms with van der Waals surface area (Å²) >= 11 is 6.20. The molecule has 2 N–H and O–H groups in total. The van der Waals surface area contributed by atoms with Gasteiger partial charge in [0, 0.05) is 12.6 Å². The van der Waals surface area contributed by atoms with Gasteiger partial charge in [0.2, 0.25) is 0 Å². The van der Waals surface area contributed by atoms with Gasteiger partial charge in [0.15, 0.2) is 0 Å². The van der Waals surface area contributed by atoms with E-state index in [0.717, 1.165) is 0 Å². The maximum absolute atomic E-state index is 13.4. The number of aromatic hydroxyl groups is 1. The second-order valence-corrected chi connectivity index (χ2v) is 8.80. The van der Waals surface area contributed by atoms with E-state index < -0.39 is 29.5 Å². The van der Waals surface area contributed by atoms with E-state index in [4.69, 9.17) is 25.8 Å². The molecule has 4 rings (SSSR count). The van der Waals surface area contributed by atoms with Crippen molar-refractivity contribution in [2.75, 3.05) is 21.3 Å². The molecule has 3 aromatic carbocycles. The van der Waals surface area contributed by atoms with Crippen LogP contribution in [-0.4, -0.2) is 54.1 Å². The first-order chi connectivity index (χ1) is 18.2. The van der Waals surface area contributed by atoms with Gasteiger partial charge in [-0.3, -0.25) is 9.59 Å². The van der Waals surface area contributed by atoms with Crippen LogP contribution in [0.3, 0.4) is 0 Å². The molecule has 1 amide bonds. The summed E-state index contributed by atoms with van der Waals surface area (Å²) in [5.41, 5.74) is 1.24. The number of benzene rings is 3. The van der Waals surface area contributed by atoms with E-state index in [1.54, 1.807) is 36.4 Å². The van der Waals surface area contributed by atoms with Crippen LogP contribution in [0.25, 0.3) is 5.76 Å². The second-order valence-electron chi connectivity index (χ2n) is 8.40. The van der Waals surface area contributed by atoms with E-state index in [1.807, 2.05) is 0 Å². The molecule has 0 spiro atoms. The molecule has 3 aromatic rings. The molecule has 1 unspecified atom stereocenters. The fraction of sp³-hybridized carbons (Fsp3) is 0.179. The van der Waals surface area contributed by atoms with Gasteiger partial charge in [-0.15, -0.1) is 0 Å². The first-order valence-electron chi connectivity index (χ1n) is 11.4. The molecule has 38 heavy (non-hydrogen) atoms. The van der Waals surface area contributed by atoms with Gasteiger partial charge < -0.3 is 29.3 Å². The molecule has 9 nitrogen and oxygen atoms in total. The second kappa shape index (κ2) is 10.9. The standard InChI is InChI=1S/C28H24ClNO8/c1-36-21-13-20(29)22(37-2)12-19(21)25(32)23-24(17-5-4-6-18(31)11-17)30(27(34)26(23)33)14-15-7-9-16(10-8-15)28(35)38-3/h4-13,24,31-32H,14H2,1-3H3/b25-23+. The average Bonchev–Trinajstić information content (AvgIpc) is 3.17. The Hall–Kier alpha value is -4.50. The number of nitrogens with zero attached hydrogens (tertiary/aromatic N) is 1. The molecule has 0 bridgehead atoms. The van der Waals surface area contributed by atoms with Crippen molar-refractivity contribution in [3.63, 3.8) is 0 Å². The minimum absolute atomic E-state index is 0.0236. The van der Waals surface area contributed by atoms with Crippen molar-refractivity contribution in [3.05, 3.63) is 93.5 Å². The third kappa shape index (κ3) is 4.88. The van der Waals surface area contributed by atoms with Crippen molar-refractivity contribution >= 4 is 35.0 Å². The first-order valence-corrected chi connectivity index (χ1v) is 11.7. The van der Waals surface area contributed by atoms with Crippen molar-refractivity contribution < 1.29 is 38.8 Å². The summed E-state index contributed by atoms with van der Waals surface area (Å²) in [6, 6.07) is 14.2. The number of aliphatic hydroxyl groups is 1. The molecule has 1 aliphatic rings. The first kappa shape index (κ1) is 26.6. The van der Waals surface area contributed by atoms with Crippen LogP contribution in [0.4, 0.5) is 0 Å². The summed E-state index contributed by atoms with van der Waals surface area (Å²) in [6.07, 6.45) is 0. The zero-order valence-electron chi connectivity index (χ0n) is 20.7. The highest BCUT2D eigenvalue weighted by Gasteiger charge is 2.46. The Morgan fingerprint density at radius 2 is 1.66 bits per heavy atom. The summed E-state index contributed by atoms with van der Waals surface area (Å²) < 4.78 is 15.3. The van der Waals surface area contributed by atoms with Gasteiger partial charge in [0.05, 0.1) is 49.1 Å². The predicted molar refractivity (Wildman–Crippen MR) is 138 cm³/mol. The van der Waals surface area contributed by atoms with Gasteiger partial charge in [-0.1, -0.05) is 35.9 Å². The van der Waals surface area contributed by atoms with Gasteiger partial charge in [-0.2, -0.15) is 0 Å². The Morgan fingerprint density at radius 1 is 0.974 bits per heavy atom. The van der Waals surface area contributed by atoms with E-state index in [1.165, 1.54) is 50.5 Å². The van der Waals surface area contributed by atoms with Crippen LogP contribution in [-0.2, 0) is 20.9 Å². The number of ketones is 1. The van der Waals surface area contributed by atoms with Crippen LogP contribution in [0.15, 0.2) is 66.2 Å². The lowest BCUT2D eigenvalue weighted by Gasteiger charge is -2.26. The van der Waals surface area contributed by atoms with Gasteiger partial charge in [0.1, 0.15) is 23.0 Å². The maximum Gasteiger partial charge on any atom is 0.337 e. The quantitative estimate of drug-likeness (QED) is 0.196. The number of halogens is 1. The molecule has 1 aliphatic heterocycles. The SMILES string of the molecule is COC(=O)c1ccc(CN2C(=O)C(=O)/C(=C(/O)c3cc(OC)c(Cl)cc3OC)C2c2cccc(O)c2)cc1. The highest BCUT2D eigenvalue weighted by Crippen LogP contribution is 2.44. The molecule has 1 fully saturated rings. The Labute approximate surface area is 223 Å². The van der Waals surface area contributed by atoms with Crippen LogP contribution in [0, 0.1) is 0 Å². The molecule has 196 valence electrons. The number of hydrogen-bond donors (Lipinski definition) is 2. The van der Waals surface area contributed by atoms with Gasteiger partial charge in [-0.25, -0.2) is 4.79 Å². The van der Waals surface area contributed by atoms with Crippen molar-refractivity contribution in [1.82, 2.24) is 4.90 Å². The van der Waals surface area contributed by atoms with Crippen molar-refractivity contribution in [2.45, 2.75) is 12.6 Å². The molecule has 0 aliphatic carbocycles. The number of hydrogen-bond acceptors (Lipinski definition) is 8. The lowest BCUT2D eigenvalue weighted by molar-refractivity contribution is -0.140. The normalized spacial score (nSPS) is 16.4. The van der Waals surface area contributed by atoms with Crippen LogP contribution in [0.1, 0.15) is 33.1 Å². The summed E-state index contributed by atoms with van der Waals surface area (Å²) in [4.78, 5) is 39.7. The topological polar surface area (TPSA) is 123 Å². The number of rotatable bonds is 7. The fourth-order valence-electron chi connectivity index (χ4n) is 4.34. The van der Waals surface area contributed by atoms with Gasteiger partial charge in [0.25, 0.3) is 11.7 Å². The number of ether oxygens (including phenoxy) is 3. The Bertz CT molecular complexity index is 1450. The molecular weight excluding hydrogens is 514 g/mol. The number of amides is 1. The smallest absolute Gasteiger partial charge is 0.337 e. The van der Waals surface area contributed by atoms with E-state index in [0.29, 0.717) is 16.7 Å². The third-order valence-electron chi connectivity index (χ3n) is 6.18. The highest BCUT2D eigenvalue weighted by molar-refractivity contribution is 6.46. The van der Waals surface area contributed by atoms with E-state index in [9.17, 15) is 24.6 Å². The molecule has 1 saturated heterocycles. The van der Waals surface area contributed by atoms with Crippen molar-refractivity contribution in [1.29, 1.82) is 0 Å². The minimum atomic E-state index is -1.05. The molecule has 1 heterocycles. The third-order valence-corrected chi connectivity index (χ3v) is 6.48. The van der Waals surface area contributed by atoms with E-state index in [2.05, 4.69) is 0 Å². The van der Waals surface area contributed by atoms with E-state index in [-0.39, 0.29) is 40.0 Å². The molecule has 1 atom stereocenters. The summed E-state index contributed by atoms with van der Waals surface area (Å²) in [6.45, 7) is -0.0236. The number of methoxy groups -OCH3 is 3. The lowest BCUT2D eigenvalue weighted by atomic mass is 9.94. The van der Waals surface area contributed by atoms with Crippen LogP contribution < -0.4 is 9.47 Å². The van der Waals surface area contributed by atoms with Gasteiger partial charge >= 0.3 is 5.97 Å². The lowest BCUT2D eigenvalue weighted by Crippen LogP contribution is -2.29. The number of Topliss-reactive ketones (excluding diaryl/α,β-unsaturated/α-hetero) is 1. The average molecular weight is 538 g/mol. The number of aliphatic hydroxyl groups excluding tert-OH is 1. The number of carbonyl (C=O) groups excluding carboxylic acids is 3. The Balaban J connectivity index is 1.87. The van der Waals surface area contributed by atoms with Crippen molar-refractivity contribution in [3.8, 4) is 17.2 Å². The fourth-order valence-corrected chi connectivity index (χ4v) is 4.57. The van der Waals surface area contributed by atoms with Crippen LogP contribution in [0.5, 0.6) is 17.2 Å². The van der Waals surface area contributed by atoms with Crippen LogP contribution >= 0.6 is 11.6 Å². The molecule has 0 saturated carbocycles. The zero-order chi connectivity index (χ0) is 27.6. The number of carbonyl (C=O) groups is 3. The Morgan fingerprint density at radius 3 is 2.26 bits per heavy atom. The number of phenolic OH excluding ortho intramolecular Hbond substituents is 1. The van der Waals surface area contributed by atoms with E-state index >= 15 is 0 Å². The monoisotopic (exact) mass is 537 g/mol. The molecular formula is C28H24ClNO8. The highest BCUT2D eigenvalue weighted by atomic mass is 35.5. The number of likely N-dealkylation sites (tertiary alicyclic amines) is 1. The van der Waals surface area contributed by atoms with Crippen molar-refractivity contribution in [2.24, 2.45) is 0 Å². The number of esters is 1. The summed E-state index contributed by atoms with van der Waals surface area (Å²) in [5, 5.41) is 21.8. The van der Waals surface area contributed by atoms with Crippen LogP contribution in [0.2, 0.25) is 5.02 Å². The zero-order valence-corrected chi connectivity index (χ0v) is 21.5. The summed E-state index contributed by atoms with van der Waals surface area (Å²) in [7, 11) is 4.04. The Kier molecular flexibility index (Phi) is 7.59.